The van der Waals surface area contributed by atoms with Crippen LogP contribution in [-0.4, -0.2) is 11.4 Å². The van der Waals surface area contributed by atoms with Crippen LogP contribution in [0.5, 0.6) is 0 Å². The van der Waals surface area contributed by atoms with Gasteiger partial charge < -0.3 is 9.73 Å². The number of hydrogen-bond acceptors (Lipinski definition) is 3. The van der Waals surface area contributed by atoms with Gasteiger partial charge in [-0.15, -0.1) is 0 Å². The maximum absolute atomic E-state index is 12.2. The molecule has 4 heteroatoms. The number of nitrogens with zero attached hydrogens (tertiary/aromatic N) is 1. The van der Waals surface area contributed by atoms with Gasteiger partial charge in [-0.25, -0.2) is 0 Å². The van der Waals surface area contributed by atoms with E-state index in [0.29, 0.717) is 17.2 Å². The molecule has 0 saturated heterocycles. The van der Waals surface area contributed by atoms with Crippen LogP contribution < -0.4 is 5.32 Å². The maximum Gasteiger partial charge on any atom is 0.256 e. The average molecular weight is 260 g/mol. The Bertz CT molecular complexity index is 490. The van der Waals surface area contributed by atoms with Gasteiger partial charge in [-0.2, -0.15) is 5.26 Å². The first kappa shape index (κ1) is 13.7. The minimum Gasteiger partial charge on any atom is -0.469 e. The van der Waals surface area contributed by atoms with Crippen LogP contribution in [0.2, 0.25) is 0 Å². The van der Waals surface area contributed by atoms with E-state index in [1.807, 2.05) is 0 Å². The predicted molar refractivity (Wildman–Crippen MR) is 71.5 cm³/mol. The molecule has 0 atom stereocenters. The summed E-state index contributed by atoms with van der Waals surface area (Å²) >= 11 is 0. The first-order valence-corrected chi connectivity index (χ1v) is 6.88. The number of carbonyl (C=O) groups is 1. The number of aryl methyl sites for hydroxylation is 1. The van der Waals surface area contributed by atoms with Crippen molar-refractivity contribution in [3.05, 3.63) is 23.7 Å². The molecule has 1 aliphatic carbocycles. The van der Waals surface area contributed by atoms with Crippen LogP contribution in [0.4, 0.5) is 0 Å². The van der Waals surface area contributed by atoms with E-state index < -0.39 is 5.54 Å². The van der Waals surface area contributed by atoms with E-state index in [4.69, 9.17) is 4.42 Å². The Balaban J connectivity index is 2.06. The van der Waals surface area contributed by atoms with E-state index in [9.17, 15) is 10.1 Å². The van der Waals surface area contributed by atoms with Gasteiger partial charge in [0.15, 0.2) is 0 Å². The van der Waals surface area contributed by atoms with E-state index in [-0.39, 0.29) is 5.91 Å². The number of carbonyl (C=O) groups excluding carboxylic acids is 1. The van der Waals surface area contributed by atoms with Crippen molar-refractivity contribution in [2.24, 2.45) is 5.92 Å². The van der Waals surface area contributed by atoms with Gasteiger partial charge in [0.05, 0.1) is 17.9 Å². The molecule has 19 heavy (non-hydrogen) atoms. The monoisotopic (exact) mass is 260 g/mol. The van der Waals surface area contributed by atoms with E-state index in [1.54, 1.807) is 13.0 Å². The highest BCUT2D eigenvalue weighted by Crippen LogP contribution is 2.33. The minimum absolute atomic E-state index is 0.206. The molecule has 0 unspecified atom stereocenters. The quantitative estimate of drug-likeness (QED) is 0.907. The van der Waals surface area contributed by atoms with Crippen molar-refractivity contribution in [1.29, 1.82) is 5.26 Å². The fraction of sp³-hybridized carbons (Fsp3) is 0.600. The van der Waals surface area contributed by atoms with Gasteiger partial charge in [0.2, 0.25) is 0 Å². The van der Waals surface area contributed by atoms with Crippen LogP contribution in [0.1, 0.15) is 55.1 Å². The third-order valence-corrected chi connectivity index (χ3v) is 4.21. The van der Waals surface area contributed by atoms with Crippen LogP contribution in [0.15, 0.2) is 16.7 Å². The SMILES string of the molecule is CCC1CCC(C#N)(NC(=O)c2ccoc2C)CC1. The molecule has 0 bridgehead atoms. The molecule has 102 valence electrons. The van der Waals surface area contributed by atoms with Crippen LogP contribution in [-0.2, 0) is 0 Å². The minimum atomic E-state index is -0.702. The zero-order valence-electron chi connectivity index (χ0n) is 11.5. The zero-order valence-corrected chi connectivity index (χ0v) is 11.5. The summed E-state index contributed by atoms with van der Waals surface area (Å²) in [5.74, 6) is 1.07. The van der Waals surface area contributed by atoms with Crippen molar-refractivity contribution in [2.75, 3.05) is 0 Å². The summed E-state index contributed by atoms with van der Waals surface area (Å²) in [6.07, 6.45) is 6.15. The Morgan fingerprint density at radius 1 is 1.58 bits per heavy atom. The average Bonchev–Trinajstić information content (AvgIpc) is 2.86. The van der Waals surface area contributed by atoms with Crippen molar-refractivity contribution < 1.29 is 9.21 Å². The number of nitriles is 1. The zero-order chi connectivity index (χ0) is 13.9. The number of nitrogens with one attached hydrogen (secondary N) is 1. The predicted octanol–water partition coefficient (Wildman–Crippen LogP) is 3.18. The van der Waals surface area contributed by atoms with Crippen molar-refractivity contribution in [3.8, 4) is 6.07 Å². The summed E-state index contributed by atoms with van der Waals surface area (Å²) in [5, 5.41) is 12.3. The lowest BCUT2D eigenvalue weighted by atomic mass is 9.76. The lowest BCUT2D eigenvalue weighted by Gasteiger charge is -2.35. The van der Waals surface area contributed by atoms with Gasteiger partial charge in [0.1, 0.15) is 11.3 Å². The summed E-state index contributed by atoms with van der Waals surface area (Å²) in [7, 11) is 0. The molecule has 4 nitrogen and oxygen atoms in total. The van der Waals surface area contributed by atoms with E-state index in [2.05, 4.69) is 18.3 Å². The van der Waals surface area contributed by atoms with Crippen molar-refractivity contribution in [2.45, 2.75) is 51.5 Å². The van der Waals surface area contributed by atoms with Gasteiger partial charge in [0.25, 0.3) is 5.91 Å². The largest absolute Gasteiger partial charge is 0.469 e. The standard InChI is InChI=1S/C15H20N2O2/c1-3-12-4-7-15(10-16,8-5-12)17-14(18)13-6-9-19-11(13)2/h6,9,12H,3-5,7-8H2,1-2H3,(H,17,18). The highest BCUT2D eigenvalue weighted by Gasteiger charge is 2.36. The Morgan fingerprint density at radius 3 is 2.74 bits per heavy atom. The molecule has 1 amide bonds. The highest BCUT2D eigenvalue weighted by atomic mass is 16.3. The lowest BCUT2D eigenvalue weighted by molar-refractivity contribution is 0.0889. The number of furan rings is 1. The Kier molecular flexibility index (Phi) is 3.94. The maximum atomic E-state index is 12.2. The van der Waals surface area contributed by atoms with E-state index in [0.717, 1.165) is 32.1 Å². The first-order valence-electron chi connectivity index (χ1n) is 6.88. The molecule has 0 radical (unpaired) electrons. The number of hydrogen-bond donors (Lipinski definition) is 1. The third-order valence-electron chi connectivity index (χ3n) is 4.21. The molecule has 1 fully saturated rings. The fourth-order valence-corrected chi connectivity index (χ4v) is 2.75. The van der Waals surface area contributed by atoms with Crippen molar-refractivity contribution >= 4 is 5.91 Å². The normalized spacial score (nSPS) is 26.7. The van der Waals surface area contributed by atoms with Crippen LogP contribution >= 0.6 is 0 Å². The molecule has 0 spiro atoms. The van der Waals surface area contributed by atoms with Crippen molar-refractivity contribution in [1.82, 2.24) is 5.32 Å². The van der Waals surface area contributed by atoms with Gasteiger partial charge in [-0.1, -0.05) is 13.3 Å². The molecule has 1 aliphatic rings. The van der Waals surface area contributed by atoms with Crippen molar-refractivity contribution in [3.63, 3.8) is 0 Å². The van der Waals surface area contributed by atoms with E-state index >= 15 is 0 Å². The van der Waals surface area contributed by atoms with Crippen LogP contribution in [0.3, 0.4) is 0 Å². The van der Waals surface area contributed by atoms with Gasteiger partial charge in [-0.05, 0) is 44.6 Å². The molecular formula is C15H20N2O2. The Morgan fingerprint density at radius 2 is 2.26 bits per heavy atom. The molecule has 0 aliphatic heterocycles. The van der Waals surface area contributed by atoms with E-state index in [1.165, 1.54) is 6.26 Å². The topological polar surface area (TPSA) is 66.0 Å². The molecule has 0 aromatic carbocycles. The van der Waals surface area contributed by atoms with Gasteiger partial charge in [0, 0.05) is 0 Å². The van der Waals surface area contributed by atoms with Gasteiger partial charge >= 0.3 is 0 Å². The molecule has 1 saturated carbocycles. The summed E-state index contributed by atoms with van der Waals surface area (Å²) < 4.78 is 5.13. The molecule has 1 N–H and O–H groups in total. The third kappa shape index (κ3) is 2.81. The van der Waals surface area contributed by atoms with Crippen LogP contribution in [0, 0.1) is 24.2 Å². The van der Waals surface area contributed by atoms with Crippen LogP contribution in [0.25, 0.3) is 0 Å². The highest BCUT2D eigenvalue weighted by molar-refractivity contribution is 5.95. The smallest absolute Gasteiger partial charge is 0.256 e. The second-order valence-corrected chi connectivity index (χ2v) is 5.39. The Hall–Kier alpha value is -1.76. The second kappa shape index (κ2) is 5.48. The van der Waals surface area contributed by atoms with Gasteiger partial charge in [-0.3, -0.25) is 4.79 Å². The summed E-state index contributed by atoms with van der Waals surface area (Å²) in [6, 6.07) is 3.96. The second-order valence-electron chi connectivity index (χ2n) is 5.39. The summed E-state index contributed by atoms with van der Waals surface area (Å²) in [6.45, 7) is 3.93. The molecule has 1 aromatic rings. The first-order chi connectivity index (χ1) is 9.10. The molecule has 1 heterocycles. The summed E-state index contributed by atoms with van der Waals surface area (Å²) in [4.78, 5) is 12.2. The fourth-order valence-electron chi connectivity index (χ4n) is 2.75. The number of amides is 1. The Labute approximate surface area is 113 Å². The molecule has 1 aromatic heterocycles. The summed E-state index contributed by atoms with van der Waals surface area (Å²) in [5.41, 5.74) is -0.181. The molecular weight excluding hydrogens is 240 g/mol. The number of rotatable bonds is 3. The molecule has 2 rings (SSSR count). The lowest BCUT2D eigenvalue weighted by Crippen LogP contribution is -2.49.